The maximum Gasteiger partial charge on any atom is 0.119 e. The molecule has 1 heterocycles. The van der Waals surface area contributed by atoms with E-state index in [0.717, 1.165) is 15.6 Å². The van der Waals surface area contributed by atoms with Crippen molar-refractivity contribution in [1.82, 2.24) is 4.98 Å². The van der Waals surface area contributed by atoms with E-state index >= 15 is 0 Å². The topological polar surface area (TPSA) is 59.1 Å². The van der Waals surface area contributed by atoms with E-state index in [9.17, 15) is 0 Å². The van der Waals surface area contributed by atoms with Crippen molar-refractivity contribution in [1.29, 1.82) is 0 Å². The molecule has 0 fully saturated rings. The van der Waals surface area contributed by atoms with E-state index in [1.165, 1.54) is 11.3 Å². The number of nitrogens with zero attached hydrogens (tertiary/aromatic N) is 1. The van der Waals surface area contributed by atoms with E-state index in [4.69, 9.17) is 10.8 Å². The molecule has 74 valence electrons. The summed E-state index contributed by atoms with van der Waals surface area (Å²) < 4.78 is 0. The van der Waals surface area contributed by atoms with E-state index in [2.05, 4.69) is 18.8 Å². The van der Waals surface area contributed by atoms with E-state index in [-0.39, 0.29) is 12.0 Å². The third-order valence-corrected chi connectivity index (χ3v) is 3.08. The van der Waals surface area contributed by atoms with Gasteiger partial charge in [-0.1, -0.05) is 13.8 Å². The fraction of sp³-hybridized carbons (Fsp3) is 0.667. The van der Waals surface area contributed by atoms with Crippen LogP contribution in [0.25, 0.3) is 0 Å². The Hall–Kier alpha value is -0.450. The molecule has 4 heteroatoms. The van der Waals surface area contributed by atoms with Crippen molar-refractivity contribution in [3.8, 4) is 0 Å². The lowest BCUT2D eigenvalue weighted by molar-refractivity contribution is 0.280. The highest BCUT2D eigenvalue weighted by atomic mass is 32.1. The van der Waals surface area contributed by atoms with Gasteiger partial charge >= 0.3 is 0 Å². The number of rotatable bonds is 3. The van der Waals surface area contributed by atoms with Gasteiger partial charge in [-0.25, -0.2) is 4.98 Å². The summed E-state index contributed by atoms with van der Waals surface area (Å²) in [4.78, 5) is 5.51. The minimum Gasteiger partial charge on any atom is -0.389 e. The minimum atomic E-state index is -0.0893. The van der Waals surface area contributed by atoms with Crippen molar-refractivity contribution in [3.05, 3.63) is 15.6 Å². The fourth-order valence-electron chi connectivity index (χ4n) is 1.24. The Bertz CT molecular complexity index is 294. The first kappa shape index (κ1) is 10.6. The summed E-state index contributed by atoms with van der Waals surface area (Å²) in [5.41, 5.74) is 6.59. The maximum atomic E-state index is 8.93. The molecular weight excluding hydrogens is 184 g/mol. The summed E-state index contributed by atoms with van der Waals surface area (Å²) in [5.74, 6) is 0. The first-order chi connectivity index (χ1) is 6.01. The molecule has 0 aliphatic heterocycles. The predicted octanol–water partition coefficient (Wildman–Crippen LogP) is 1.18. The monoisotopic (exact) mass is 200 g/mol. The Kier molecular flexibility index (Phi) is 3.05. The van der Waals surface area contributed by atoms with Crippen LogP contribution in [0, 0.1) is 6.92 Å². The van der Waals surface area contributed by atoms with Gasteiger partial charge < -0.3 is 10.8 Å². The zero-order chi connectivity index (χ0) is 10.1. The molecule has 0 saturated carbocycles. The lowest BCUT2D eigenvalue weighted by atomic mass is 9.89. The van der Waals surface area contributed by atoms with Gasteiger partial charge in [-0.2, -0.15) is 0 Å². The molecule has 1 aromatic rings. The van der Waals surface area contributed by atoms with Gasteiger partial charge in [0.15, 0.2) is 0 Å². The van der Waals surface area contributed by atoms with Crippen LogP contribution < -0.4 is 5.73 Å². The van der Waals surface area contributed by atoms with Crippen LogP contribution >= 0.6 is 11.3 Å². The maximum absolute atomic E-state index is 8.93. The van der Waals surface area contributed by atoms with Gasteiger partial charge in [0.05, 0.1) is 12.3 Å². The van der Waals surface area contributed by atoms with Crippen molar-refractivity contribution >= 4 is 11.3 Å². The highest BCUT2D eigenvalue weighted by Gasteiger charge is 2.24. The van der Waals surface area contributed by atoms with Crippen molar-refractivity contribution in [2.24, 2.45) is 5.73 Å². The van der Waals surface area contributed by atoms with Gasteiger partial charge in [0.1, 0.15) is 5.01 Å². The summed E-state index contributed by atoms with van der Waals surface area (Å²) >= 11 is 1.54. The van der Waals surface area contributed by atoms with Crippen LogP contribution in [0.15, 0.2) is 0 Å². The average Bonchev–Trinajstić information content (AvgIpc) is 2.47. The molecule has 0 aromatic carbocycles. The zero-order valence-corrected chi connectivity index (χ0v) is 9.11. The van der Waals surface area contributed by atoms with Crippen molar-refractivity contribution in [2.45, 2.75) is 32.8 Å². The van der Waals surface area contributed by atoms with Crippen molar-refractivity contribution in [3.63, 3.8) is 0 Å². The molecule has 3 nitrogen and oxygen atoms in total. The molecule has 0 aliphatic carbocycles. The summed E-state index contributed by atoms with van der Waals surface area (Å²) in [6, 6.07) is 0. The highest BCUT2D eigenvalue weighted by Crippen LogP contribution is 2.28. The number of nitrogens with two attached hydrogens (primary N) is 1. The van der Waals surface area contributed by atoms with Crippen molar-refractivity contribution in [2.75, 3.05) is 6.54 Å². The van der Waals surface area contributed by atoms with E-state index in [0.29, 0.717) is 6.54 Å². The Morgan fingerprint density at radius 1 is 1.54 bits per heavy atom. The number of aliphatic hydroxyl groups excluding tert-OH is 1. The molecular formula is C9H16N2OS. The van der Waals surface area contributed by atoms with Crippen LogP contribution in [0.2, 0.25) is 0 Å². The Balaban J connectivity index is 3.07. The Morgan fingerprint density at radius 2 is 2.15 bits per heavy atom. The standard InChI is InChI=1S/C9H16N2OS/c1-6-8(9(2,3)5-10)11-7(4-12)13-6/h12H,4-5,10H2,1-3H3. The molecule has 0 radical (unpaired) electrons. The Morgan fingerprint density at radius 3 is 2.54 bits per heavy atom. The van der Waals surface area contributed by atoms with Gasteiger partial charge in [0.25, 0.3) is 0 Å². The first-order valence-corrected chi connectivity index (χ1v) is 5.10. The van der Waals surface area contributed by atoms with Gasteiger partial charge in [0, 0.05) is 16.8 Å². The van der Waals surface area contributed by atoms with Crippen LogP contribution in [0.4, 0.5) is 0 Å². The van der Waals surface area contributed by atoms with Gasteiger partial charge in [-0.3, -0.25) is 0 Å². The van der Waals surface area contributed by atoms with Crippen LogP contribution in [0.3, 0.4) is 0 Å². The molecule has 0 amide bonds. The molecule has 13 heavy (non-hydrogen) atoms. The second-order valence-corrected chi connectivity index (χ2v) is 5.05. The molecule has 1 aromatic heterocycles. The molecule has 1 rings (SSSR count). The highest BCUT2D eigenvalue weighted by molar-refractivity contribution is 7.11. The third kappa shape index (κ3) is 2.07. The zero-order valence-electron chi connectivity index (χ0n) is 8.29. The van der Waals surface area contributed by atoms with Crippen LogP contribution in [-0.4, -0.2) is 16.6 Å². The number of hydrogen-bond donors (Lipinski definition) is 2. The summed E-state index contributed by atoms with van der Waals surface area (Å²) in [6.07, 6.45) is 0. The smallest absolute Gasteiger partial charge is 0.119 e. The van der Waals surface area contributed by atoms with Gasteiger partial charge in [-0.05, 0) is 6.92 Å². The number of hydrogen-bond acceptors (Lipinski definition) is 4. The largest absolute Gasteiger partial charge is 0.389 e. The molecule has 0 spiro atoms. The van der Waals surface area contributed by atoms with E-state index in [1.807, 2.05) is 6.92 Å². The van der Waals surface area contributed by atoms with Crippen LogP contribution in [0.5, 0.6) is 0 Å². The predicted molar refractivity (Wildman–Crippen MR) is 54.9 cm³/mol. The summed E-state index contributed by atoms with van der Waals surface area (Å²) in [6.45, 7) is 6.74. The molecule has 3 N–H and O–H groups in total. The molecule has 0 saturated heterocycles. The number of aryl methyl sites for hydroxylation is 1. The average molecular weight is 200 g/mol. The lowest BCUT2D eigenvalue weighted by Crippen LogP contribution is -2.29. The second kappa shape index (κ2) is 3.74. The molecule has 0 aliphatic rings. The Labute approximate surface area is 82.6 Å². The lowest BCUT2D eigenvalue weighted by Gasteiger charge is -2.20. The summed E-state index contributed by atoms with van der Waals surface area (Å²) in [5, 5.41) is 9.70. The number of aliphatic hydroxyl groups is 1. The normalized spacial score (nSPS) is 12.1. The number of thiazole rings is 1. The van der Waals surface area contributed by atoms with Crippen molar-refractivity contribution < 1.29 is 5.11 Å². The van der Waals surface area contributed by atoms with E-state index < -0.39 is 0 Å². The van der Waals surface area contributed by atoms with E-state index in [1.54, 1.807) is 0 Å². The van der Waals surface area contributed by atoms with Crippen LogP contribution in [-0.2, 0) is 12.0 Å². The SMILES string of the molecule is Cc1sc(CO)nc1C(C)(C)CN. The number of aromatic nitrogens is 1. The second-order valence-electron chi connectivity index (χ2n) is 3.76. The first-order valence-electron chi connectivity index (χ1n) is 4.29. The van der Waals surface area contributed by atoms with Gasteiger partial charge in [-0.15, -0.1) is 11.3 Å². The minimum absolute atomic E-state index is 0.0200. The fourth-order valence-corrected chi connectivity index (χ4v) is 2.22. The third-order valence-electron chi connectivity index (χ3n) is 2.13. The molecule has 0 bridgehead atoms. The summed E-state index contributed by atoms with van der Waals surface area (Å²) in [7, 11) is 0. The molecule has 0 unspecified atom stereocenters. The van der Waals surface area contributed by atoms with Crippen LogP contribution in [0.1, 0.15) is 29.4 Å². The van der Waals surface area contributed by atoms with Gasteiger partial charge in [0.2, 0.25) is 0 Å². The quantitative estimate of drug-likeness (QED) is 0.770. The molecule has 0 atom stereocenters.